The molecule has 1 heterocycles. The Bertz CT molecular complexity index is 738. The van der Waals surface area contributed by atoms with Gasteiger partial charge >= 0.3 is 0 Å². The van der Waals surface area contributed by atoms with Crippen LogP contribution in [0, 0.1) is 6.92 Å². The van der Waals surface area contributed by atoms with Gasteiger partial charge < -0.3 is 4.74 Å². The lowest BCUT2D eigenvalue weighted by Crippen LogP contribution is -1.92. The van der Waals surface area contributed by atoms with E-state index in [1.807, 2.05) is 49.4 Å². The van der Waals surface area contributed by atoms with Crippen molar-refractivity contribution in [1.82, 2.24) is 9.97 Å². The van der Waals surface area contributed by atoms with Crippen LogP contribution in [0.4, 0.5) is 0 Å². The largest absolute Gasteiger partial charge is 0.437 e. The van der Waals surface area contributed by atoms with Crippen LogP contribution in [0.15, 0.2) is 48.8 Å². The number of hydrogen-bond acceptors (Lipinski definition) is 3. The Balaban J connectivity index is 2.06. The molecule has 0 N–H and O–H groups in total. The lowest BCUT2D eigenvalue weighted by atomic mass is 10.2. The second-order valence-corrected chi connectivity index (χ2v) is 4.64. The minimum atomic E-state index is 0.511. The Morgan fingerprint density at radius 1 is 1.05 bits per heavy atom. The van der Waals surface area contributed by atoms with Gasteiger partial charge in [0.1, 0.15) is 12.1 Å². The van der Waals surface area contributed by atoms with Crippen molar-refractivity contribution >= 4 is 22.5 Å². The number of aryl methyl sites for hydroxylation is 1. The Morgan fingerprint density at radius 2 is 1.89 bits per heavy atom. The summed E-state index contributed by atoms with van der Waals surface area (Å²) in [5.41, 5.74) is 1.93. The van der Waals surface area contributed by atoms with Crippen LogP contribution in [-0.4, -0.2) is 9.97 Å². The van der Waals surface area contributed by atoms with Gasteiger partial charge in [-0.25, -0.2) is 9.97 Å². The van der Waals surface area contributed by atoms with Crippen molar-refractivity contribution in [1.29, 1.82) is 0 Å². The molecule has 0 atom stereocenters. The van der Waals surface area contributed by atoms with E-state index in [1.54, 1.807) is 0 Å². The molecule has 1 aromatic heterocycles. The summed E-state index contributed by atoms with van der Waals surface area (Å²) in [5.74, 6) is 1.10. The molecule has 2 aromatic carbocycles. The van der Waals surface area contributed by atoms with E-state index in [4.69, 9.17) is 16.3 Å². The number of fused-ring (bicyclic) bond motifs is 1. The van der Waals surface area contributed by atoms with Crippen molar-refractivity contribution in [3.63, 3.8) is 0 Å². The van der Waals surface area contributed by atoms with Crippen LogP contribution in [0.3, 0.4) is 0 Å². The molecule has 0 aliphatic heterocycles. The van der Waals surface area contributed by atoms with Crippen LogP contribution >= 0.6 is 11.6 Å². The molecule has 0 saturated heterocycles. The number of aromatic nitrogens is 2. The summed E-state index contributed by atoms with van der Waals surface area (Å²) in [6.45, 7) is 1.98. The van der Waals surface area contributed by atoms with E-state index in [1.165, 1.54) is 6.33 Å². The first kappa shape index (κ1) is 11.9. The average Bonchev–Trinajstić information content (AvgIpc) is 2.42. The highest BCUT2D eigenvalue weighted by Crippen LogP contribution is 2.31. The highest BCUT2D eigenvalue weighted by atomic mass is 35.5. The molecule has 94 valence electrons. The van der Waals surface area contributed by atoms with Gasteiger partial charge in [-0.3, -0.25) is 0 Å². The average molecular weight is 271 g/mol. The summed E-state index contributed by atoms with van der Waals surface area (Å²) >= 11 is 6.16. The van der Waals surface area contributed by atoms with Crippen molar-refractivity contribution in [3.8, 4) is 11.6 Å². The quantitative estimate of drug-likeness (QED) is 0.693. The van der Waals surface area contributed by atoms with Crippen LogP contribution in [0.25, 0.3) is 10.9 Å². The molecule has 0 amide bonds. The van der Waals surface area contributed by atoms with Gasteiger partial charge in [-0.1, -0.05) is 29.8 Å². The summed E-state index contributed by atoms with van der Waals surface area (Å²) in [7, 11) is 0. The minimum Gasteiger partial charge on any atom is -0.437 e. The second-order valence-electron chi connectivity index (χ2n) is 4.23. The predicted octanol–water partition coefficient (Wildman–Crippen LogP) is 4.38. The van der Waals surface area contributed by atoms with Gasteiger partial charge in [0.25, 0.3) is 0 Å². The summed E-state index contributed by atoms with van der Waals surface area (Å²) in [6.07, 6.45) is 1.49. The van der Waals surface area contributed by atoms with Gasteiger partial charge in [-0.05, 0) is 36.8 Å². The highest BCUT2D eigenvalue weighted by molar-refractivity contribution is 6.32. The first-order valence-corrected chi connectivity index (χ1v) is 6.25. The summed E-state index contributed by atoms with van der Waals surface area (Å²) in [4.78, 5) is 8.37. The fourth-order valence-electron chi connectivity index (χ4n) is 1.85. The van der Waals surface area contributed by atoms with E-state index in [0.29, 0.717) is 16.7 Å². The maximum Gasteiger partial charge on any atom is 0.230 e. The molecule has 3 nitrogen and oxygen atoms in total. The maximum absolute atomic E-state index is 6.16. The molecule has 0 fully saturated rings. The van der Waals surface area contributed by atoms with E-state index < -0.39 is 0 Å². The van der Waals surface area contributed by atoms with Crippen molar-refractivity contribution in [2.24, 2.45) is 0 Å². The molecule has 0 aliphatic carbocycles. The van der Waals surface area contributed by atoms with E-state index in [2.05, 4.69) is 9.97 Å². The number of halogens is 1. The lowest BCUT2D eigenvalue weighted by molar-refractivity contribution is 0.468. The summed E-state index contributed by atoms with van der Waals surface area (Å²) in [6, 6.07) is 13.3. The maximum atomic E-state index is 6.16. The monoisotopic (exact) mass is 270 g/mol. The van der Waals surface area contributed by atoms with Crippen molar-refractivity contribution in [3.05, 3.63) is 59.4 Å². The summed E-state index contributed by atoms with van der Waals surface area (Å²) < 4.78 is 5.79. The molecule has 19 heavy (non-hydrogen) atoms. The zero-order valence-electron chi connectivity index (χ0n) is 10.3. The van der Waals surface area contributed by atoms with Crippen molar-refractivity contribution < 1.29 is 4.74 Å². The number of nitrogens with zero attached hydrogens (tertiary/aromatic N) is 2. The summed E-state index contributed by atoms with van der Waals surface area (Å²) in [5, 5.41) is 1.43. The fraction of sp³-hybridized carbons (Fsp3) is 0.0667. The molecule has 3 rings (SSSR count). The zero-order chi connectivity index (χ0) is 13.2. The number of ether oxygens (including phenoxy) is 1. The second kappa shape index (κ2) is 4.86. The Labute approximate surface area is 115 Å². The first-order chi connectivity index (χ1) is 9.24. The molecule has 0 radical (unpaired) electrons. The van der Waals surface area contributed by atoms with Crippen molar-refractivity contribution in [2.75, 3.05) is 0 Å². The van der Waals surface area contributed by atoms with Crippen molar-refractivity contribution in [2.45, 2.75) is 6.92 Å². The molecule has 0 unspecified atom stereocenters. The third-order valence-electron chi connectivity index (χ3n) is 2.80. The molecular weight excluding hydrogens is 260 g/mol. The molecule has 0 aliphatic rings. The Morgan fingerprint density at radius 3 is 2.74 bits per heavy atom. The Hall–Kier alpha value is -2.13. The molecule has 0 spiro atoms. The molecule has 4 heteroatoms. The third kappa shape index (κ3) is 2.37. The number of benzene rings is 2. The topological polar surface area (TPSA) is 35.0 Å². The van der Waals surface area contributed by atoms with Gasteiger partial charge in [-0.15, -0.1) is 0 Å². The standard InChI is InChI=1S/C15H11ClN2O/c1-10-6-7-14(12(16)8-10)19-15-11-4-2-3-5-13(11)17-9-18-15/h2-9H,1H3. The molecule has 3 aromatic rings. The molecular formula is C15H11ClN2O. The van der Waals surface area contributed by atoms with Gasteiger partial charge in [0.05, 0.1) is 15.9 Å². The van der Waals surface area contributed by atoms with E-state index in [0.717, 1.165) is 16.5 Å². The lowest BCUT2D eigenvalue weighted by Gasteiger charge is -2.09. The van der Waals surface area contributed by atoms with Gasteiger partial charge in [0.15, 0.2) is 0 Å². The first-order valence-electron chi connectivity index (χ1n) is 5.88. The van der Waals surface area contributed by atoms with Gasteiger partial charge in [0, 0.05) is 0 Å². The normalized spacial score (nSPS) is 10.6. The zero-order valence-corrected chi connectivity index (χ0v) is 11.1. The minimum absolute atomic E-state index is 0.511. The van der Waals surface area contributed by atoms with Crippen LogP contribution < -0.4 is 4.74 Å². The Kier molecular flexibility index (Phi) is 3.05. The van der Waals surface area contributed by atoms with Crippen LogP contribution in [0.5, 0.6) is 11.6 Å². The number of para-hydroxylation sites is 1. The fourth-order valence-corrected chi connectivity index (χ4v) is 2.13. The van der Waals surface area contributed by atoms with E-state index in [9.17, 15) is 0 Å². The smallest absolute Gasteiger partial charge is 0.230 e. The van der Waals surface area contributed by atoms with Crippen LogP contribution in [0.1, 0.15) is 5.56 Å². The van der Waals surface area contributed by atoms with Gasteiger partial charge in [0.2, 0.25) is 5.88 Å². The predicted molar refractivity (Wildman–Crippen MR) is 75.8 cm³/mol. The van der Waals surface area contributed by atoms with E-state index in [-0.39, 0.29) is 0 Å². The third-order valence-corrected chi connectivity index (χ3v) is 3.10. The molecule has 0 bridgehead atoms. The number of hydrogen-bond donors (Lipinski definition) is 0. The van der Waals surface area contributed by atoms with Gasteiger partial charge in [-0.2, -0.15) is 0 Å². The highest BCUT2D eigenvalue weighted by Gasteiger charge is 2.08. The SMILES string of the molecule is Cc1ccc(Oc2ncnc3ccccc23)c(Cl)c1. The van der Waals surface area contributed by atoms with E-state index >= 15 is 0 Å². The van der Waals surface area contributed by atoms with Crippen LogP contribution in [-0.2, 0) is 0 Å². The van der Waals surface area contributed by atoms with Crippen LogP contribution in [0.2, 0.25) is 5.02 Å². The molecule has 0 saturated carbocycles. The number of rotatable bonds is 2.